The van der Waals surface area contributed by atoms with Gasteiger partial charge in [-0.3, -0.25) is 0 Å². The molecule has 1 aromatic carbocycles. The second kappa shape index (κ2) is 6.36. The Labute approximate surface area is 148 Å². The van der Waals surface area contributed by atoms with Crippen LogP contribution in [-0.4, -0.2) is 23.0 Å². The maximum atomic E-state index is 11.8. The van der Waals surface area contributed by atoms with Gasteiger partial charge in [0.25, 0.3) is 0 Å². The van der Waals surface area contributed by atoms with Crippen molar-refractivity contribution in [1.29, 1.82) is 0 Å². The first-order chi connectivity index (χ1) is 11.8. The lowest BCUT2D eigenvalue weighted by atomic mass is 9.87. The van der Waals surface area contributed by atoms with Crippen LogP contribution in [0.5, 0.6) is 0 Å². The molecule has 1 N–H and O–H groups in total. The van der Waals surface area contributed by atoms with E-state index in [0.29, 0.717) is 12.1 Å². The standard InChI is InChI=1S/C21H24N2O2/c1-13-9-10-15-16(19(21(2,3)4)23-18(15)11-13)12-14-7-6-8-17(22-14)20(24)25-5/h6-11,23H,12H2,1-5H3. The number of aromatic nitrogens is 2. The first kappa shape index (κ1) is 17.2. The summed E-state index contributed by atoms with van der Waals surface area (Å²) in [5.41, 5.74) is 6.00. The Balaban J connectivity index is 2.10. The van der Waals surface area contributed by atoms with Crippen LogP contribution in [0.4, 0.5) is 0 Å². The van der Waals surface area contributed by atoms with Gasteiger partial charge in [-0.2, -0.15) is 0 Å². The van der Waals surface area contributed by atoms with E-state index in [2.05, 4.69) is 55.9 Å². The van der Waals surface area contributed by atoms with Crippen LogP contribution in [0.25, 0.3) is 10.9 Å². The molecule has 0 unspecified atom stereocenters. The van der Waals surface area contributed by atoms with Crippen molar-refractivity contribution in [1.82, 2.24) is 9.97 Å². The van der Waals surface area contributed by atoms with E-state index in [1.165, 1.54) is 29.3 Å². The third kappa shape index (κ3) is 3.43. The number of hydrogen-bond donors (Lipinski definition) is 1. The molecule has 3 rings (SSSR count). The zero-order valence-corrected chi connectivity index (χ0v) is 15.4. The maximum Gasteiger partial charge on any atom is 0.356 e. The van der Waals surface area contributed by atoms with Crippen molar-refractivity contribution in [2.24, 2.45) is 0 Å². The number of aryl methyl sites for hydroxylation is 1. The highest BCUT2D eigenvalue weighted by Crippen LogP contribution is 2.33. The summed E-state index contributed by atoms with van der Waals surface area (Å²) >= 11 is 0. The van der Waals surface area contributed by atoms with Gasteiger partial charge in [-0.15, -0.1) is 0 Å². The number of benzene rings is 1. The number of esters is 1. The zero-order valence-electron chi connectivity index (χ0n) is 15.4. The summed E-state index contributed by atoms with van der Waals surface area (Å²) in [4.78, 5) is 19.8. The van der Waals surface area contributed by atoms with Crippen molar-refractivity contribution in [2.45, 2.75) is 39.5 Å². The summed E-state index contributed by atoms with van der Waals surface area (Å²) in [6.45, 7) is 8.70. The first-order valence-corrected chi connectivity index (χ1v) is 8.45. The minimum Gasteiger partial charge on any atom is -0.464 e. The number of methoxy groups -OCH3 is 1. The monoisotopic (exact) mass is 336 g/mol. The van der Waals surface area contributed by atoms with Crippen LogP contribution in [0.1, 0.15) is 53.8 Å². The number of ether oxygens (including phenoxy) is 1. The molecule has 4 nitrogen and oxygen atoms in total. The fraction of sp³-hybridized carbons (Fsp3) is 0.333. The van der Waals surface area contributed by atoms with Gasteiger partial charge in [0, 0.05) is 34.1 Å². The number of hydrogen-bond acceptors (Lipinski definition) is 3. The average Bonchev–Trinajstić information content (AvgIpc) is 2.92. The Morgan fingerprint density at radius 1 is 1.20 bits per heavy atom. The van der Waals surface area contributed by atoms with E-state index in [1.807, 2.05) is 12.1 Å². The van der Waals surface area contributed by atoms with Gasteiger partial charge in [0.15, 0.2) is 0 Å². The van der Waals surface area contributed by atoms with E-state index in [4.69, 9.17) is 4.74 Å². The van der Waals surface area contributed by atoms with E-state index >= 15 is 0 Å². The summed E-state index contributed by atoms with van der Waals surface area (Å²) < 4.78 is 4.78. The molecule has 0 spiro atoms. The van der Waals surface area contributed by atoms with E-state index in [9.17, 15) is 4.79 Å². The molecular formula is C21H24N2O2. The van der Waals surface area contributed by atoms with E-state index < -0.39 is 5.97 Å². The molecule has 3 aromatic rings. The third-order valence-corrected chi connectivity index (χ3v) is 4.37. The number of carbonyl (C=O) groups excluding carboxylic acids is 1. The van der Waals surface area contributed by atoms with Crippen molar-refractivity contribution in [3.8, 4) is 0 Å². The van der Waals surface area contributed by atoms with Crippen LogP contribution in [0.15, 0.2) is 36.4 Å². The Hall–Kier alpha value is -2.62. The van der Waals surface area contributed by atoms with Crippen molar-refractivity contribution >= 4 is 16.9 Å². The van der Waals surface area contributed by atoms with E-state index in [-0.39, 0.29) is 5.41 Å². The summed E-state index contributed by atoms with van der Waals surface area (Å²) in [7, 11) is 1.37. The fourth-order valence-electron chi connectivity index (χ4n) is 3.17. The molecule has 0 radical (unpaired) electrons. The van der Waals surface area contributed by atoms with Gasteiger partial charge >= 0.3 is 5.97 Å². The SMILES string of the molecule is COC(=O)c1cccc(Cc2c(C(C)(C)C)[nH]c3cc(C)ccc23)n1. The minimum atomic E-state index is -0.410. The predicted octanol–water partition coefficient (Wildman–Crippen LogP) is 4.55. The zero-order chi connectivity index (χ0) is 18.2. The molecule has 0 amide bonds. The van der Waals surface area contributed by atoms with Gasteiger partial charge in [0.05, 0.1) is 7.11 Å². The van der Waals surface area contributed by atoms with Gasteiger partial charge in [-0.1, -0.05) is 39.0 Å². The molecule has 0 fully saturated rings. The Bertz CT molecular complexity index is 933. The smallest absolute Gasteiger partial charge is 0.356 e. The van der Waals surface area contributed by atoms with Crippen LogP contribution < -0.4 is 0 Å². The molecule has 130 valence electrons. The second-order valence-corrected chi connectivity index (χ2v) is 7.46. The van der Waals surface area contributed by atoms with Crippen LogP contribution in [0.2, 0.25) is 0 Å². The number of nitrogens with zero attached hydrogens (tertiary/aromatic N) is 1. The first-order valence-electron chi connectivity index (χ1n) is 8.45. The number of nitrogens with one attached hydrogen (secondary N) is 1. The molecule has 0 saturated carbocycles. The predicted molar refractivity (Wildman–Crippen MR) is 100 cm³/mol. The number of pyridine rings is 1. The summed E-state index contributed by atoms with van der Waals surface area (Å²) in [6, 6.07) is 11.9. The normalized spacial score (nSPS) is 11.7. The van der Waals surface area contributed by atoms with Crippen LogP contribution in [-0.2, 0) is 16.6 Å². The quantitative estimate of drug-likeness (QED) is 0.714. The molecule has 0 aliphatic rings. The van der Waals surface area contributed by atoms with E-state index in [1.54, 1.807) is 6.07 Å². The maximum absolute atomic E-state index is 11.8. The summed E-state index contributed by atoms with van der Waals surface area (Å²) in [5, 5.41) is 1.21. The Morgan fingerprint density at radius 2 is 1.96 bits per heavy atom. The number of carbonyl (C=O) groups is 1. The van der Waals surface area contributed by atoms with Crippen molar-refractivity contribution in [3.05, 3.63) is 64.6 Å². The Morgan fingerprint density at radius 3 is 2.64 bits per heavy atom. The molecule has 0 aliphatic heterocycles. The van der Waals surface area contributed by atoms with Crippen molar-refractivity contribution in [2.75, 3.05) is 7.11 Å². The molecule has 4 heteroatoms. The summed E-state index contributed by atoms with van der Waals surface area (Å²) in [5.74, 6) is -0.410. The van der Waals surface area contributed by atoms with E-state index in [0.717, 1.165) is 11.2 Å². The van der Waals surface area contributed by atoms with Gasteiger partial charge in [0.2, 0.25) is 0 Å². The molecule has 0 aliphatic carbocycles. The number of aromatic amines is 1. The molecule has 25 heavy (non-hydrogen) atoms. The van der Waals surface area contributed by atoms with Crippen molar-refractivity contribution in [3.63, 3.8) is 0 Å². The highest BCUT2D eigenvalue weighted by molar-refractivity contribution is 5.87. The molecule has 2 heterocycles. The number of rotatable bonds is 3. The third-order valence-electron chi connectivity index (χ3n) is 4.37. The largest absolute Gasteiger partial charge is 0.464 e. The molecule has 0 saturated heterocycles. The summed E-state index contributed by atoms with van der Waals surface area (Å²) in [6.07, 6.45) is 0.667. The highest BCUT2D eigenvalue weighted by Gasteiger charge is 2.23. The van der Waals surface area contributed by atoms with Crippen LogP contribution in [0, 0.1) is 6.92 Å². The lowest BCUT2D eigenvalue weighted by Gasteiger charge is -2.19. The van der Waals surface area contributed by atoms with Gasteiger partial charge in [0.1, 0.15) is 5.69 Å². The second-order valence-electron chi connectivity index (χ2n) is 7.46. The van der Waals surface area contributed by atoms with Gasteiger partial charge in [-0.05, 0) is 36.2 Å². The number of fused-ring (bicyclic) bond motifs is 1. The van der Waals surface area contributed by atoms with Gasteiger partial charge in [-0.25, -0.2) is 9.78 Å². The van der Waals surface area contributed by atoms with Gasteiger partial charge < -0.3 is 9.72 Å². The lowest BCUT2D eigenvalue weighted by molar-refractivity contribution is 0.0593. The highest BCUT2D eigenvalue weighted by atomic mass is 16.5. The molecule has 0 bridgehead atoms. The molecule has 0 atom stereocenters. The molecule has 2 aromatic heterocycles. The topological polar surface area (TPSA) is 55.0 Å². The fourth-order valence-corrected chi connectivity index (χ4v) is 3.17. The molecular weight excluding hydrogens is 312 g/mol. The Kier molecular flexibility index (Phi) is 4.38. The van der Waals surface area contributed by atoms with Crippen LogP contribution in [0.3, 0.4) is 0 Å². The van der Waals surface area contributed by atoms with Crippen molar-refractivity contribution < 1.29 is 9.53 Å². The average molecular weight is 336 g/mol. The lowest BCUT2D eigenvalue weighted by Crippen LogP contribution is -2.15. The van der Waals surface area contributed by atoms with Crippen LogP contribution >= 0.6 is 0 Å². The number of H-pyrrole nitrogens is 1. The minimum absolute atomic E-state index is 0.0117.